The highest BCUT2D eigenvalue weighted by Gasteiger charge is 2.20. The highest BCUT2D eigenvalue weighted by molar-refractivity contribution is 5.99. The highest BCUT2D eigenvalue weighted by atomic mass is 15.2. The van der Waals surface area contributed by atoms with Gasteiger partial charge in [-0.2, -0.15) is 0 Å². The summed E-state index contributed by atoms with van der Waals surface area (Å²) < 4.78 is 0. The molecule has 0 N–H and O–H groups in total. The minimum Gasteiger partial charge on any atom is -0.337 e. The smallest absolute Gasteiger partial charge is 0.0540 e. The summed E-state index contributed by atoms with van der Waals surface area (Å²) in [5, 5.41) is 4.89. The second-order valence-electron chi connectivity index (χ2n) is 18.2. The van der Waals surface area contributed by atoms with Crippen molar-refractivity contribution in [1.82, 2.24) is 0 Å². The summed E-state index contributed by atoms with van der Waals surface area (Å²) in [4.78, 5) is 9.42. The molecule has 0 aromatic heterocycles. The highest BCUT2D eigenvalue weighted by Crippen LogP contribution is 2.43. The standard InChI is InChI=1S/C69H52N4/c1-5-24-59(25-6-1)71(60-26-7-2-8-27-60)63-45-43-58(44-46-63)70(51-56-23-17-21-54-19-13-15-32-67(54)56)57-39-35-52(36-40-57)53-37-41-65(42-38-53)73(69-34-18-22-55-20-14-16-33-68(55)69)66-49-47-64(48-50-66)72(61-28-9-3-10-29-61)62-30-11-4-12-31-62/h1-50H,51H2. The molecule has 0 unspecified atom stereocenters. The number of para-hydroxylation sites is 4. The van der Waals surface area contributed by atoms with Gasteiger partial charge in [0.1, 0.15) is 0 Å². The maximum absolute atomic E-state index is 2.43. The Morgan fingerprint density at radius 1 is 0.205 bits per heavy atom. The Bertz CT molecular complexity index is 3640. The van der Waals surface area contributed by atoms with Gasteiger partial charge in [0, 0.05) is 68.8 Å². The molecule has 4 nitrogen and oxygen atoms in total. The Morgan fingerprint density at radius 2 is 0.507 bits per heavy atom. The van der Waals surface area contributed by atoms with Gasteiger partial charge in [-0.1, -0.05) is 176 Å². The van der Waals surface area contributed by atoms with Crippen LogP contribution in [-0.2, 0) is 6.54 Å². The van der Waals surface area contributed by atoms with Gasteiger partial charge < -0.3 is 19.6 Å². The molecule has 0 aliphatic heterocycles. The number of rotatable bonds is 14. The van der Waals surface area contributed by atoms with E-state index in [2.05, 4.69) is 323 Å². The normalized spacial score (nSPS) is 11.1. The summed E-state index contributed by atoms with van der Waals surface area (Å²) in [5.41, 5.74) is 15.7. The van der Waals surface area contributed by atoms with Crippen LogP contribution in [-0.4, -0.2) is 0 Å². The molecule has 0 heterocycles. The molecule has 12 aromatic carbocycles. The fraction of sp³-hybridized carbons (Fsp3) is 0.0145. The van der Waals surface area contributed by atoms with Gasteiger partial charge in [0.05, 0.1) is 5.69 Å². The van der Waals surface area contributed by atoms with E-state index >= 15 is 0 Å². The lowest BCUT2D eigenvalue weighted by molar-refractivity contribution is 0.984. The van der Waals surface area contributed by atoms with Crippen molar-refractivity contribution in [2.24, 2.45) is 0 Å². The van der Waals surface area contributed by atoms with Gasteiger partial charge in [-0.05, 0) is 160 Å². The van der Waals surface area contributed by atoms with Gasteiger partial charge in [0.25, 0.3) is 0 Å². The molecule has 0 radical (unpaired) electrons. The molecule has 73 heavy (non-hydrogen) atoms. The van der Waals surface area contributed by atoms with Crippen LogP contribution in [0.2, 0.25) is 0 Å². The molecule has 348 valence electrons. The summed E-state index contributed by atoms with van der Waals surface area (Å²) >= 11 is 0. The van der Waals surface area contributed by atoms with Crippen LogP contribution in [0, 0.1) is 0 Å². The summed E-state index contributed by atoms with van der Waals surface area (Å²) in [6.45, 7) is 0.706. The number of fused-ring (bicyclic) bond motifs is 2. The molecule has 0 aliphatic rings. The van der Waals surface area contributed by atoms with Gasteiger partial charge in [-0.15, -0.1) is 0 Å². The third-order valence-electron chi connectivity index (χ3n) is 13.7. The maximum atomic E-state index is 2.43. The minimum absolute atomic E-state index is 0.706. The number of nitrogens with zero attached hydrogens (tertiary/aromatic N) is 4. The van der Waals surface area contributed by atoms with Gasteiger partial charge in [0.2, 0.25) is 0 Å². The second kappa shape index (κ2) is 20.4. The van der Waals surface area contributed by atoms with Crippen LogP contribution in [0.15, 0.2) is 303 Å². The predicted octanol–water partition coefficient (Wildman–Crippen LogP) is 19.4. The lowest BCUT2D eigenvalue weighted by Crippen LogP contribution is -2.17. The van der Waals surface area contributed by atoms with E-state index in [4.69, 9.17) is 0 Å². The van der Waals surface area contributed by atoms with Crippen LogP contribution in [0.3, 0.4) is 0 Å². The molecule has 12 aromatic rings. The quantitative estimate of drug-likeness (QED) is 0.108. The van der Waals surface area contributed by atoms with E-state index in [1.165, 1.54) is 27.1 Å². The molecule has 0 bridgehead atoms. The first-order valence-corrected chi connectivity index (χ1v) is 25.0. The number of anilines is 11. The van der Waals surface area contributed by atoms with E-state index in [0.717, 1.165) is 73.7 Å². The molecule has 0 saturated heterocycles. The molecule has 0 saturated carbocycles. The van der Waals surface area contributed by atoms with Crippen LogP contribution in [0.25, 0.3) is 32.7 Å². The Balaban J connectivity index is 0.879. The Hall–Kier alpha value is -9.64. The Kier molecular flexibility index (Phi) is 12.4. The van der Waals surface area contributed by atoms with E-state index in [0.29, 0.717) is 6.54 Å². The molecule has 4 heteroatoms. The molecular formula is C69H52N4. The van der Waals surface area contributed by atoms with Crippen molar-refractivity contribution in [1.29, 1.82) is 0 Å². The van der Waals surface area contributed by atoms with Crippen LogP contribution >= 0.6 is 0 Å². The fourth-order valence-electron chi connectivity index (χ4n) is 10.1. The summed E-state index contributed by atoms with van der Waals surface area (Å²) in [6, 6.07) is 109. The lowest BCUT2D eigenvalue weighted by atomic mass is 10.0. The SMILES string of the molecule is c1ccc(N(c2ccccc2)c2ccc(N(Cc3cccc4ccccc34)c3ccc(-c4ccc(N(c5ccc(N(c6ccccc6)c6ccccc6)cc5)c5cccc6ccccc56)cc4)cc3)cc2)cc1. The summed E-state index contributed by atoms with van der Waals surface area (Å²) in [7, 11) is 0. The van der Waals surface area contributed by atoms with Gasteiger partial charge >= 0.3 is 0 Å². The average Bonchev–Trinajstić information content (AvgIpc) is 3.47. The van der Waals surface area contributed by atoms with Crippen molar-refractivity contribution in [3.8, 4) is 11.1 Å². The molecule has 0 amide bonds. The summed E-state index contributed by atoms with van der Waals surface area (Å²) in [5.74, 6) is 0. The first kappa shape index (κ1) is 44.6. The van der Waals surface area contributed by atoms with Crippen molar-refractivity contribution < 1.29 is 0 Å². The van der Waals surface area contributed by atoms with Gasteiger partial charge in [-0.3, -0.25) is 0 Å². The van der Waals surface area contributed by atoms with Crippen LogP contribution in [0.5, 0.6) is 0 Å². The maximum Gasteiger partial charge on any atom is 0.0540 e. The van der Waals surface area contributed by atoms with Crippen LogP contribution in [0.4, 0.5) is 62.6 Å². The van der Waals surface area contributed by atoms with Crippen molar-refractivity contribution in [2.75, 3.05) is 19.6 Å². The first-order valence-electron chi connectivity index (χ1n) is 25.0. The van der Waals surface area contributed by atoms with Gasteiger partial charge in [0.15, 0.2) is 0 Å². The third-order valence-corrected chi connectivity index (χ3v) is 13.7. The number of hydrogen-bond donors (Lipinski definition) is 0. The molecule has 12 rings (SSSR count). The zero-order chi connectivity index (χ0) is 48.8. The average molecular weight is 937 g/mol. The molecular weight excluding hydrogens is 885 g/mol. The zero-order valence-electron chi connectivity index (χ0n) is 40.4. The predicted molar refractivity (Wildman–Crippen MR) is 310 cm³/mol. The first-order chi connectivity index (χ1) is 36.2. The van der Waals surface area contributed by atoms with Crippen molar-refractivity contribution >= 4 is 84.1 Å². The van der Waals surface area contributed by atoms with Crippen molar-refractivity contribution in [3.63, 3.8) is 0 Å². The molecule has 0 fully saturated rings. The zero-order valence-corrected chi connectivity index (χ0v) is 40.4. The Labute approximate surface area is 428 Å². The van der Waals surface area contributed by atoms with E-state index in [9.17, 15) is 0 Å². The van der Waals surface area contributed by atoms with Crippen molar-refractivity contribution in [2.45, 2.75) is 6.54 Å². The molecule has 0 atom stereocenters. The third kappa shape index (κ3) is 9.29. The lowest BCUT2D eigenvalue weighted by Gasteiger charge is -2.29. The second-order valence-corrected chi connectivity index (χ2v) is 18.2. The number of hydrogen-bond acceptors (Lipinski definition) is 4. The number of benzene rings is 12. The van der Waals surface area contributed by atoms with E-state index in [1.54, 1.807) is 0 Å². The molecule has 0 aliphatic carbocycles. The van der Waals surface area contributed by atoms with Gasteiger partial charge in [-0.25, -0.2) is 0 Å². The largest absolute Gasteiger partial charge is 0.337 e. The Morgan fingerprint density at radius 3 is 0.959 bits per heavy atom. The molecule has 0 spiro atoms. The minimum atomic E-state index is 0.706. The van der Waals surface area contributed by atoms with Crippen LogP contribution < -0.4 is 19.6 Å². The monoisotopic (exact) mass is 936 g/mol. The summed E-state index contributed by atoms with van der Waals surface area (Å²) in [6.07, 6.45) is 0. The van der Waals surface area contributed by atoms with E-state index in [1.807, 2.05) is 0 Å². The van der Waals surface area contributed by atoms with E-state index in [-0.39, 0.29) is 0 Å². The van der Waals surface area contributed by atoms with E-state index < -0.39 is 0 Å². The fourth-order valence-corrected chi connectivity index (χ4v) is 10.1. The topological polar surface area (TPSA) is 13.0 Å². The van der Waals surface area contributed by atoms with Crippen LogP contribution in [0.1, 0.15) is 5.56 Å². The van der Waals surface area contributed by atoms with Crippen molar-refractivity contribution in [3.05, 3.63) is 309 Å².